The van der Waals surface area contributed by atoms with Crippen molar-refractivity contribution in [1.82, 2.24) is 10.0 Å². The summed E-state index contributed by atoms with van der Waals surface area (Å²) in [6.07, 6.45) is -3.75. The number of hydrogen-bond acceptors (Lipinski definition) is 7. The van der Waals surface area contributed by atoms with Crippen LogP contribution in [-0.2, 0) is 10.0 Å². The number of piperidine rings is 1. The van der Waals surface area contributed by atoms with Crippen LogP contribution in [-0.4, -0.2) is 74.8 Å². The lowest BCUT2D eigenvalue weighted by molar-refractivity contribution is -0.109. The van der Waals surface area contributed by atoms with Crippen molar-refractivity contribution >= 4 is 26.5 Å². The van der Waals surface area contributed by atoms with Gasteiger partial charge in [0.15, 0.2) is 0 Å². The predicted molar refractivity (Wildman–Crippen MR) is 108 cm³/mol. The minimum atomic E-state index is -3.86. The van der Waals surface area contributed by atoms with Gasteiger partial charge in [0.05, 0.1) is 17.1 Å². The van der Waals surface area contributed by atoms with Crippen LogP contribution in [0.2, 0.25) is 0 Å². The maximum atomic E-state index is 13.0. The molecule has 0 amide bonds. The average Bonchev–Trinajstić information content (AvgIpc) is 2.67. The van der Waals surface area contributed by atoms with Gasteiger partial charge < -0.3 is 25.5 Å². The van der Waals surface area contributed by atoms with Crippen LogP contribution >= 0.6 is 0 Å². The molecule has 0 spiro atoms. The number of aliphatic hydroxyl groups is 3. The Balaban J connectivity index is 1.87. The highest BCUT2D eigenvalue weighted by molar-refractivity contribution is 7.89. The second-order valence-electron chi connectivity index (χ2n) is 7.41. The van der Waals surface area contributed by atoms with Gasteiger partial charge in [-0.15, -0.1) is 0 Å². The minimum Gasteiger partial charge on any atom is -0.389 e. The first-order valence-corrected chi connectivity index (χ1v) is 10.6. The zero-order chi connectivity index (χ0) is 20.6. The van der Waals surface area contributed by atoms with E-state index in [9.17, 15) is 23.7 Å². The molecule has 0 saturated carbocycles. The van der Waals surface area contributed by atoms with E-state index in [0.717, 1.165) is 11.1 Å². The lowest BCUT2D eigenvalue weighted by atomic mass is 9.91. The van der Waals surface area contributed by atoms with Crippen LogP contribution in [0.4, 0.5) is 5.69 Å². The van der Waals surface area contributed by atoms with Crippen LogP contribution in [0.15, 0.2) is 41.3 Å². The summed E-state index contributed by atoms with van der Waals surface area (Å²) in [5.41, 5.74) is 0.907. The van der Waals surface area contributed by atoms with Gasteiger partial charge in [0.25, 0.3) is 0 Å². The number of aliphatic hydroxyl groups excluding tert-OH is 3. The second-order valence-corrected chi connectivity index (χ2v) is 9.14. The fraction of sp³-hybridized carbons (Fsp3) is 0.474. The first kappa shape index (κ1) is 21.0. The van der Waals surface area contributed by atoms with E-state index in [1.807, 2.05) is 37.2 Å². The molecule has 1 fully saturated rings. The Hall–Kier alpha value is -1.75. The average molecular weight is 410 g/mol. The normalized spacial score (nSPS) is 28.4. The Morgan fingerprint density at radius 2 is 1.64 bits per heavy atom. The van der Waals surface area contributed by atoms with Crippen molar-refractivity contribution in [1.29, 1.82) is 0 Å². The summed E-state index contributed by atoms with van der Waals surface area (Å²) in [7, 11) is -0.0762. The van der Waals surface area contributed by atoms with E-state index in [-0.39, 0.29) is 11.4 Å². The third-order valence-electron chi connectivity index (χ3n) is 5.22. The Labute approximate surface area is 164 Å². The highest BCUT2D eigenvalue weighted by Crippen LogP contribution is 2.30. The van der Waals surface area contributed by atoms with Crippen LogP contribution in [0.1, 0.15) is 6.92 Å². The van der Waals surface area contributed by atoms with Gasteiger partial charge in [-0.25, -0.2) is 13.1 Å². The molecule has 5 atom stereocenters. The van der Waals surface area contributed by atoms with Gasteiger partial charge in [-0.3, -0.25) is 0 Å². The molecule has 0 aromatic heterocycles. The standard InChI is InChI=1S/C19H27N3O5S/c1-11-17(23)19(25)18(24)14(21-11)10-20-28(26,27)16-9-5-6-12-13(16)7-4-8-15(12)22(2)3/h4-9,11,14,17-21,23-25H,10H2,1-3H3/t11-,14-,17-,18+,19+/m1/s1. The molecule has 0 aliphatic carbocycles. The molecule has 1 heterocycles. The van der Waals surface area contributed by atoms with E-state index in [2.05, 4.69) is 10.0 Å². The molecule has 154 valence electrons. The summed E-state index contributed by atoms with van der Waals surface area (Å²) in [5.74, 6) is 0. The summed E-state index contributed by atoms with van der Waals surface area (Å²) < 4.78 is 28.4. The van der Waals surface area contributed by atoms with Crippen molar-refractivity contribution in [2.75, 3.05) is 25.5 Å². The lowest BCUT2D eigenvalue weighted by Crippen LogP contribution is -2.66. The molecule has 28 heavy (non-hydrogen) atoms. The Morgan fingerprint density at radius 1 is 1.00 bits per heavy atom. The van der Waals surface area contributed by atoms with E-state index in [0.29, 0.717) is 5.39 Å². The van der Waals surface area contributed by atoms with Gasteiger partial charge >= 0.3 is 0 Å². The lowest BCUT2D eigenvalue weighted by Gasteiger charge is -2.40. The van der Waals surface area contributed by atoms with Gasteiger partial charge in [-0.2, -0.15) is 0 Å². The summed E-state index contributed by atoms with van der Waals surface area (Å²) in [5, 5.41) is 34.3. The molecule has 9 heteroatoms. The summed E-state index contributed by atoms with van der Waals surface area (Å²) >= 11 is 0. The van der Waals surface area contributed by atoms with Gasteiger partial charge in [0.1, 0.15) is 6.10 Å². The predicted octanol–water partition coefficient (Wildman–Crippen LogP) is -0.373. The molecule has 0 bridgehead atoms. The molecular weight excluding hydrogens is 382 g/mol. The molecule has 2 aromatic carbocycles. The third kappa shape index (κ3) is 3.86. The fourth-order valence-corrected chi connectivity index (χ4v) is 4.90. The largest absolute Gasteiger partial charge is 0.389 e. The highest BCUT2D eigenvalue weighted by atomic mass is 32.2. The van der Waals surface area contributed by atoms with Crippen LogP contribution in [0.5, 0.6) is 0 Å². The van der Waals surface area contributed by atoms with E-state index >= 15 is 0 Å². The topological polar surface area (TPSA) is 122 Å². The number of anilines is 1. The molecule has 1 aliphatic heterocycles. The number of nitrogens with one attached hydrogen (secondary N) is 2. The molecule has 3 rings (SSSR count). The van der Waals surface area contributed by atoms with Crippen molar-refractivity contribution in [3.8, 4) is 0 Å². The Morgan fingerprint density at radius 3 is 2.32 bits per heavy atom. The van der Waals surface area contributed by atoms with E-state index in [1.165, 1.54) is 6.07 Å². The van der Waals surface area contributed by atoms with Crippen molar-refractivity contribution in [2.45, 2.75) is 42.2 Å². The number of fused-ring (bicyclic) bond motifs is 1. The fourth-order valence-electron chi connectivity index (χ4n) is 3.62. The maximum absolute atomic E-state index is 13.0. The summed E-state index contributed by atoms with van der Waals surface area (Å²) in [6, 6.07) is 9.38. The molecule has 8 nitrogen and oxygen atoms in total. The first-order chi connectivity index (χ1) is 13.1. The van der Waals surface area contributed by atoms with Crippen LogP contribution in [0, 0.1) is 0 Å². The molecule has 1 saturated heterocycles. The van der Waals surface area contributed by atoms with Gasteiger partial charge in [-0.05, 0) is 19.1 Å². The van der Waals surface area contributed by atoms with Gasteiger partial charge in [-0.1, -0.05) is 24.3 Å². The zero-order valence-electron chi connectivity index (χ0n) is 16.1. The van der Waals surface area contributed by atoms with Crippen LogP contribution in [0.3, 0.4) is 0 Å². The molecule has 5 N–H and O–H groups in total. The number of benzene rings is 2. The number of sulfonamides is 1. The molecular formula is C19H27N3O5S. The SMILES string of the molecule is C[C@H]1N[C@H](CNS(=O)(=O)c2cccc3c(N(C)C)cccc23)[C@H](O)[C@@H](O)[C@@H]1O. The Kier molecular flexibility index (Phi) is 5.95. The van der Waals surface area contributed by atoms with Crippen LogP contribution in [0.25, 0.3) is 10.8 Å². The molecule has 0 unspecified atom stereocenters. The van der Waals surface area contributed by atoms with E-state index < -0.39 is 40.4 Å². The zero-order valence-corrected chi connectivity index (χ0v) is 16.9. The second kappa shape index (κ2) is 7.94. The maximum Gasteiger partial charge on any atom is 0.241 e. The van der Waals surface area contributed by atoms with E-state index in [4.69, 9.17) is 0 Å². The highest BCUT2D eigenvalue weighted by Gasteiger charge is 2.40. The monoisotopic (exact) mass is 409 g/mol. The number of hydrogen-bond donors (Lipinski definition) is 5. The van der Waals surface area contributed by atoms with E-state index in [1.54, 1.807) is 19.1 Å². The molecule has 0 radical (unpaired) electrons. The summed E-state index contributed by atoms with van der Waals surface area (Å²) in [6.45, 7) is 1.54. The quantitative estimate of drug-likeness (QED) is 0.457. The molecule has 1 aliphatic rings. The van der Waals surface area contributed by atoms with Crippen molar-refractivity contribution in [3.63, 3.8) is 0 Å². The smallest absolute Gasteiger partial charge is 0.241 e. The first-order valence-electron chi connectivity index (χ1n) is 9.12. The molecule has 2 aromatic rings. The van der Waals surface area contributed by atoms with Gasteiger partial charge in [0.2, 0.25) is 10.0 Å². The van der Waals surface area contributed by atoms with Crippen molar-refractivity contribution in [3.05, 3.63) is 36.4 Å². The van der Waals surface area contributed by atoms with Gasteiger partial charge in [0, 0.05) is 49.2 Å². The third-order valence-corrected chi connectivity index (χ3v) is 6.71. The van der Waals surface area contributed by atoms with Crippen molar-refractivity contribution < 1.29 is 23.7 Å². The van der Waals surface area contributed by atoms with Crippen molar-refractivity contribution in [2.24, 2.45) is 0 Å². The number of nitrogens with zero attached hydrogens (tertiary/aromatic N) is 1. The number of rotatable bonds is 5. The van der Waals surface area contributed by atoms with Crippen LogP contribution < -0.4 is 14.9 Å². The minimum absolute atomic E-state index is 0.124. The summed E-state index contributed by atoms with van der Waals surface area (Å²) in [4.78, 5) is 2.07. The Bertz CT molecular complexity index is 950.